The van der Waals surface area contributed by atoms with Crippen molar-refractivity contribution in [1.29, 1.82) is 0 Å². The van der Waals surface area contributed by atoms with Gasteiger partial charge in [0.1, 0.15) is 6.61 Å². The predicted molar refractivity (Wildman–Crippen MR) is 141 cm³/mol. The molecule has 1 N–H and O–H groups in total. The molecule has 0 radical (unpaired) electrons. The molecule has 0 aliphatic rings. The lowest BCUT2D eigenvalue weighted by molar-refractivity contribution is -0.161. The number of carbonyl (C=O) groups excluding carboxylic acids is 3. The molecule has 0 aliphatic carbocycles. The number of carbonyl (C=O) groups is 3. The van der Waals surface area contributed by atoms with Crippen molar-refractivity contribution in [3.63, 3.8) is 0 Å². The van der Waals surface area contributed by atoms with E-state index in [1.807, 2.05) is 12.2 Å². The summed E-state index contributed by atoms with van der Waals surface area (Å²) < 4.78 is 10.4. The summed E-state index contributed by atoms with van der Waals surface area (Å²) in [5.74, 6) is -0.475. The molecule has 0 heterocycles. The van der Waals surface area contributed by atoms with E-state index in [2.05, 4.69) is 19.9 Å². The average molecular weight is 495 g/mol. The van der Waals surface area contributed by atoms with Crippen molar-refractivity contribution in [2.75, 3.05) is 13.2 Å². The Balaban J connectivity index is 3.71. The van der Waals surface area contributed by atoms with Crippen LogP contribution in [0.1, 0.15) is 123 Å². The van der Waals surface area contributed by atoms with Crippen molar-refractivity contribution < 1.29 is 29.0 Å². The summed E-state index contributed by atoms with van der Waals surface area (Å²) in [5, 5.41) is 9.38. The number of aliphatic hydroxyl groups excluding tert-OH is 1. The monoisotopic (exact) mass is 494 g/mol. The molecule has 0 spiro atoms. The molecular formula is C29H50O6. The molecule has 0 rings (SSSR count). The predicted octanol–water partition coefficient (Wildman–Crippen LogP) is 6.79. The van der Waals surface area contributed by atoms with Crippen molar-refractivity contribution in [2.24, 2.45) is 0 Å². The van der Waals surface area contributed by atoms with Crippen LogP contribution in [0.4, 0.5) is 0 Å². The van der Waals surface area contributed by atoms with Crippen LogP contribution in [0, 0.1) is 0 Å². The molecule has 1 atom stereocenters. The second kappa shape index (κ2) is 25.2. The minimum Gasteiger partial charge on any atom is -0.462 e. The molecule has 0 aromatic heterocycles. The van der Waals surface area contributed by atoms with E-state index in [4.69, 9.17) is 9.47 Å². The second-order valence-corrected chi connectivity index (χ2v) is 9.16. The number of rotatable bonds is 24. The van der Waals surface area contributed by atoms with Gasteiger partial charge in [0.05, 0.1) is 6.61 Å². The maximum absolute atomic E-state index is 12.0. The van der Waals surface area contributed by atoms with Crippen LogP contribution in [-0.2, 0) is 23.9 Å². The number of ether oxygens (including phenoxy) is 2. The lowest BCUT2D eigenvalue weighted by Gasteiger charge is -2.15. The van der Waals surface area contributed by atoms with Crippen LogP contribution in [0.2, 0.25) is 0 Å². The molecule has 0 aliphatic heterocycles. The molecule has 0 saturated carbocycles. The van der Waals surface area contributed by atoms with Gasteiger partial charge in [-0.3, -0.25) is 14.4 Å². The molecule has 0 fully saturated rings. The first-order valence-electron chi connectivity index (χ1n) is 13.8. The highest BCUT2D eigenvalue weighted by Crippen LogP contribution is 2.10. The third kappa shape index (κ3) is 23.6. The number of aliphatic hydroxyl groups is 1. The molecule has 0 saturated heterocycles. The Bertz CT molecular complexity index is 596. The van der Waals surface area contributed by atoms with Gasteiger partial charge in [-0.25, -0.2) is 0 Å². The first-order chi connectivity index (χ1) is 17.0. The van der Waals surface area contributed by atoms with Crippen LogP contribution in [0.25, 0.3) is 0 Å². The van der Waals surface area contributed by atoms with E-state index >= 15 is 0 Å². The maximum atomic E-state index is 12.0. The molecule has 202 valence electrons. The van der Waals surface area contributed by atoms with Crippen molar-refractivity contribution in [3.8, 4) is 0 Å². The number of ketones is 1. The van der Waals surface area contributed by atoms with Gasteiger partial charge in [-0.05, 0) is 38.2 Å². The number of esters is 2. The minimum atomic E-state index is -0.793. The Hall–Kier alpha value is -1.95. The summed E-state index contributed by atoms with van der Waals surface area (Å²) >= 11 is 0. The number of allylic oxidation sites excluding steroid dienone is 4. The number of hydrogen-bond donors (Lipinski definition) is 1. The quantitative estimate of drug-likeness (QED) is 0.0688. The highest BCUT2D eigenvalue weighted by molar-refractivity contribution is 5.89. The number of unbranched alkanes of at least 4 members (excludes halogenated alkanes) is 11. The van der Waals surface area contributed by atoms with E-state index in [-0.39, 0.29) is 30.9 Å². The molecule has 6 nitrogen and oxygen atoms in total. The molecule has 0 amide bonds. The third-order valence-corrected chi connectivity index (χ3v) is 5.72. The van der Waals surface area contributed by atoms with E-state index in [0.29, 0.717) is 19.3 Å². The van der Waals surface area contributed by atoms with Crippen LogP contribution in [-0.4, -0.2) is 42.1 Å². The zero-order valence-corrected chi connectivity index (χ0v) is 22.3. The van der Waals surface area contributed by atoms with E-state index in [9.17, 15) is 19.5 Å². The summed E-state index contributed by atoms with van der Waals surface area (Å²) in [6, 6.07) is 0. The van der Waals surface area contributed by atoms with Crippen molar-refractivity contribution >= 4 is 17.7 Å². The normalized spacial score (nSPS) is 12.3. The van der Waals surface area contributed by atoms with Gasteiger partial charge in [0.25, 0.3) is 0 Å². The van der Waals surface area contributed by atoms with Crippen molar-refractivity contribution in [3.05, 3.63) is 24.3 Å². The highest BCUT2D eigenvalue weighted by atomic mass is 16.6. The van der Waals surface area contributed by atoms with Gasteiger partial charge in [0, 0.05) is 19.3 Å². The lowest BCUT2D eigenvalue weighted by atomic mass is 10.1. The summed E-state index contributed by atoms with van der Waals surface area (Å²) in [5.41, 5.74) is 0. The molecule has 0 unspecified atom stereocenters. The maximum Gasteiger partial charge on any atom is 0.306 e. The Morgan fingerprint density at radius 1 is 0.714 bits per heavy atom. The smallest absolute Gasteiger partial charge is 0.306 e. The minimum absolute atomic E-state index is 0.0915. The Kier molecular flexibility index (Phi) is 23.8. The van der Waals surface area contributed by atoms with Crippen molar-refractivity contribution in [2.45, 2.75) is 129 Å². The number of hydrogen-bond acceptors (Lipinski definition) is 6. The van der Waals surface area contributed by atoms with Crippen LogP contribution in [0.15, 0.2) is 24.3 Å². The topological polar surface area (TPSA) is 89.9 Å². The van der Waals surface area contributed by atoms with Gasteiger partial charge in [-0.2, -0.15) is 0 Å². The summed E-state index contributed by atoms with van der Waals surface area (Å²) in [4.78, 5) is 35.3. The second-order valence-electron chi connectivity index (χ2n) is 9.16. The van der Waals surface area contributed by atoms with Gasteiger partial charge in [0.2, 0.25) is 0 Å². The van der Waals surface area contributed by atoms with E-state index in [0.717, 1.165) is 83.5 Å². The molecule has 0 aromatic carbocycles. The average Bonchev–Trinajstić information content (AvgIpc) is 2.85. The highest BCUT2D eigenvalue weighted by Gasteiger charge is 2.16. The van der Waals surface area contributed by atoms with Crippen molar-refractivity contribution in [1.82, 2.24) is 0 Å². The SMILES string of the molecule is CCCCCCCC(=O)OC[C@H](CO)OC(=O)CCCCCCC/C=C\C=C\C(=O)CCCCC. The summed E-state index contributed by atoms with van der Waals surface area (Å²) in [6.45, 7) is 3.83. The largest absolute Gasteiger partial charge is 0.462 e. The fourth-order valence-corrected chi connectivity index (χ4v) is 3.53. The molecule has 0 aromatic rings. The molecular weight excluding hydrogens is 444 g/mol. The standard InChI is InChI=1S/C29H50O6/c1-3-5-7-13-18-22-28(32)34-25-27(24-30)35-29(33)23-19-15-12-10-8-9-11-14-17-21-26(31)20-16-6-4-2/h11,14,17,21,27,30H,3-10,12-13,15-16,18-20,22-25H2,1-2H3/b14-11-,21-17+/t27-/m0/s1. The first-order valence-corrected chi connectivity index (χ1v) is 13.8. The third-order valence-electron chi connectivity index (χ3n) is 5.72. The summed E-state index contributed by atoms with van der Waals surface area (Å²) in [7, 11) is 0. The van der Waals surface area contributed by atoms with Crippen LogP contribution < -0.4 is 0 Å². The van der Waals surface area contributed by atoms with E-state index < -0.39 is 6.10 Å². The summed E-state index contributed by atoms with van der Waals surface area (Å²) in [6.07, 6.45) is 22.4. The lowest BCUT2D eigenvalue weighted by Crippen LogP contribution is -2.28. The Labute approximate surface area is 213 Å². The Morgan fingerprint density at radius 2 is 1.29 bits per heavy atom. The molecule has 35 heavy (non-hydrogen) atoms. The van der Waals surface area contributed by atoms with Gasteiger partial charge >= 0.3 is 11.9 Å². The van der Waals surface area contributed by atoms with Crippen LogP contribution in [0.3, 0.4) is 0 Å². The van der Waals surface area contributed by atoms with Crippen LogP contribution >= 0.6 is 0 Å². The van der Waals surface area contributed by atoms with Gasteiger partial charge in [-0.15, -0.1) is 0 Å². The molecule has 6 heteroatoms. The fraction of sp³-hybridized carbons (Fsp3) is 0.759. The van der Waals surface area contributed by atoms with E-state index in [1.54, 1.807) is 6.08 Å². The van der Waals surface area contributed by atoms with Gasteiger partial charge in [-0.1, -0.05) is 89.9 Å². The van der Waals surface area contributed by atoms with Crippen LogP contribution in [0.5, 0.6) is 0 Å². The zero-order chi connectivity index (χ0) is 26.0. The zero-order valence-electron chi connectivity index (χ0n) is 22.3. The van der Waals surface area contributed by atoms with Gasteiger partial charge in [0.15, 0.2) is 11.9 Å². The van der Waals surface area contributed by atoms with E-state index in [1.165, 1.54) is 6.42 Å². The molecule has 0 bridgehead atoms. The first kappa shape index (κ1) is 33.0. The fourth-order valence-electron chi connectivity index (χ4n) is 3.53. The van der Waals surface area contributed by atoms with Gasteiger partial charge < -0.3 is 14.6 Å². The Morgan fingerprint density at radius 3 is 1.97 bits per heavy atom.